The summed E-state index contributed by atoms with van der Waals surface area (Å²) in [6.45, 7) is 0. The van der Waals surface area contributed by atoms with Crippen molar-refractivity contribution >= 4 is 33.2 Å². The number of methoxy groups -OCH3 is 1. The molecule has 0 aromatic carbocycles. The van der Waals surface area contributed by atoms with Crippen LogP contribution in [0.25, 0.3) is 0 Å². The summed E-state index contributed by atoms with van der Waals surface area (Å²) in [6, 6.07) is 4.40. The zero-order valence-corrected chi connectivity index (χ0v) is 12.1. The van der Waals surface area contributed by atoms with E-state index in [0.717, 1.165) is 10.2 Å². The van der Waals surface area contributed by atoms with E-state index in [1.807, 2.05) is 20.2 Å². The fraction of sp³-hybridized carbons (Fsp3) is 0.545. The summed E-state index contributed by atoms with van der Waals surface area (Å²) in [4.78, 5) is 14.5. The van der Waals surface area contributed by atoms with Gasteiger partial charge in [0.1, 0.15) is 0 Å². The van der Waals surface area contributed by atoms with Gasteiger partial charge in [0.25, 0.3) is 0 Å². The smallest absolute Gasteiger partial charge is 0.305 e. The van der Waals surface area contributed by atoms with Crippen molar-refractivity contribution in [1.29, 1.82) is 0 Å². The van der Waals surface area contributed by atoms with E-state index in [1.54, 1.807) is 11.3 Å². The SMILES string of the molecule is COC(=O)CCC(c1ccc(Br)s1)N(C)C. The molecule has 0 bridgehead atoms. The highest BCUT2D eigenvalue weighted by molar-refractivity contribution is 9.11. The van der Waals surface area contributed by atoms with E-state index in [0.29, 0.717) is 6.42 Å². The number of esters is 1. The molecule has 0 N–H and O–H groups in total. The number of hydrogen-bond acceptors (Lipinski definition) is 4. The zero-order chi connectivity index (χ0) is 12.1. The van der Waals surface area contributed by atoms with E-state index in [1.165, 1.54) is 12.0 Å². The Kier molecular flexibility index (Phi) is 5.44. The van der Waals surface area contributed by atoms with Crippen LogP contribution in [0.3, 0.4) is 0 Å². The molecule has 0 fully saturated rings. The summed E-state index contributed by atoms with van der Waals surface area (Å²) in [5, 5.41) is 0. The summed E-state index contributed by atoms with van der Waals surface area (Å²) in [5.41, 5.74) is 0. The number of hydrogen-bond donors (Lipinski definition) is 0. The Bertz CT molecular complexity index is 352. The summed E-state index contributed by atoms with van der Waals surface area (Å²) >= 11 is 5.16. The number of ether oxygens (including phenoxy) is 1. The molecule has 0 saturated heterocycles. The Hall–Kier alpha value is -0.390. The van der Waals surface area contributed by atoms with E-state index in [9.17, 15) is 4.79 Å². The second kappa shape index (κ2) is 6.37. The van der Waals surface area contributed by atoms with E-state index in [-0.39, 0.29) is 12.0 Å². The average Bonchev–Trinajstić information content (AvgIpc) is 2.64. The van der Waals surface area contributed by atoms with Gasteiger partial charge in [0, 0.05) is 17.3 Å². The molecular formula is C11H16BrNO2S. The van der Waals surface area contributed by atoms with Gasteiger partial charge in [0.05, 0.1) is 10.9 Å². The van der Waals surface area contributed by atoms with Crippen LogP contribution in [0.2, 0.25) is 0 Å². The lowest BCUT2D eigenvalue weighted by molar-refractivity contribution is -0.141. The van der Waals surface area contributed by atoms with Crippen LogP contribution in [0, 0.1) is 0 Å². The Morgan fingerprint density at radius 1 is 1.56 bits per heavy atom. The van der Waals surface area contributed by atoms with Crippen molar-refractivity contribution in [3.05, 3.63) is 20.8 Å². The van der Waals surface area contributed by atoms with E-state index >= 15 is 0 Å². The first-order valence-corrected chi connectivity index (χ1v) is 6.64. The molecule has 0 aliphatic heterocycles. The topological polar surface area (TPSA) is 29.5 Å². The van der Waals surface area contributed by atoms with Crippen molar-refractivity contribution in [2.45, 2.75) is 18.9 Å². The number of rotatable bonds is 5. The summed E-state index contributed by atoms with van der Waals surface area (Å²) < 4.78 is 5.78. The van der Waals surface area contributed by atoms with Crippen molar-refractivity contribution in [2.24, 2.45) is 0 Å². The number of nitrogens with zero attached hydrogens (tertiary/aromatic N) is 1. The lowest BCUT2D eigenvalue weighted by Gasteiger charge is -2.22. The fourth-order valence-electron chi connectivity index (χ4n) is 1.52. The Morgan fingerprint density at radius 2 is 2.25 bits per heavy atom. The molecule has 0 amide bonds. The van der Waals surface area contributed by atoms with Crippen LogP contribution in [0.4, 0.5) is 0 Å². The molecule has 0 aliphatic rings. The maximum Gasteiger partial charge on any atom is 0.305 e. The predicted octanol–water partition coefficient (Wildman–Crippen LogP) is 3.07. The Labute approximate surface area is 109 Å². The third-order valence-electron chi connectivity index (χ3n) is 2.40. The van der Waals surface area contributed by atoms with Gasteiger partial charge in [-0.1, -0.05) is 0 Å². The predicted molar refractivity (Wildman–Crippen MR) is 69.7 cm³/mol. The van der Waals surface area contributed by atoms with E-state index < -0.39 is 0 Å². The van der Waals surface area contributed by atoms with Gasteiger partial charge in [0.15, 0.2) is 0 Å². The molecular weight excluding hydrogens is 290 g/mol. The number of halogens is 1. The maximum atomic E-state index is 11.1. The second-order valence-electron chi connectivity index (χ2n) is 3.74. The zero-order valence-electron chi connectivity index (χ0n) is 9.70. The van der Waals surface area contributed by atoms with Gasteiger partial charge >= 0.3 is 5.97 Å². The molecule has 5 heteroatoms. The van der Waals surface area contributed by atoms with Gasteiger partial charge in [-0.25, -0.2) is 0 Å². The molecule has 3 nitrogen and oxygen atoms in total. The van der Waals surface area contributed by atoms with Crippen LogP contribution < -0.4 is 0 Å². The van der Waals surface area contributed by atoms with Crippen LogP contribution >= 0.6 is 27.3 Å². The van der Waals surface area contributed by atoms with Crippen molar-refractivity contribution < 1.29 is 9.53 Å². The van der Waals surface area contributed by atoms with Gasteiger partial charge in [-0.3, -0.25) is 4.79 Å². The molecule has 0 aliphatic carbocycles. The van der Waals surface area contributed by atoms with Gasteiger partial charge in [-0.2, -0.15) is 0 Å². The average molecular weight is 306 g/mol. The third-order valence-corrected chi connectivity index (χ3v) is 4.12. The number of thiophene rings is 1. The summed E-state index contributed by atoms with van der Waals surface area (Å²) in [6.07, 6.45) is 1.24. The first-order valence-electron chi connectivity index (χ1n) is 5.03. The lowest BCUT2D eigenvalue weighted by atomic mass is 10.1. The van der Waals surface area contributed by atoms with Crippen LogP contribution in [-0.4, -0.2) is 32.1 Å². The van der Waals surface area contributed by atoms with Crippen molar-refractivity contribution in [2.75, 3.05) is 21.2 Å². The highest BCUT2D eigenvalue weighted by Gasteiger charge is 2.17. The first kappa shape index (κ1) is 13.7. The van der Waals surface area contributed by atoms with E-state index in [2.05, 4.69) is 31.6 Å². The monoisotopic (exact) mass is 305 g/mol. The van der Waals surface area contributed by atoms with Gasteiger partial charge < -0.3 is 9.64 Å². The molecule has 0 spiro atoms. The van der Waals surface area contributed by atoms with Gasteiger partial charge in [-0.05, 0) is 48.6 Å². The number of carbonyl (C=O) groups is 1. The highest BCUT2D eigenvalue weighted by atomic mass is 79.9. The molecule has 90 valence electrons. The molecule has 1 unspecified atom stereocenters. The fourth-order valence-corrected chi connectivity index (χ4v) is 3.17. The molecule has 0 saturated carbocycles. The quantitative estimate of drug-likeness (QED) is 0.783. The Morgan fingerprint density at radius 3 is 2.69 bits per heavy atom. The van der Waals surface area contributed by atoms with Crippen molar-refractivity contribution in [3.8, 4) is 0 Å². The molecule has 0 radical (unpaired) electrons. The van der Waals surface area contributed by atoms with Crippen LogP contribution in [0.1, 0.15) is 23.8 Å². The van der Waals surface area contributed by atoms with Gasteiger partial charge in [-0.15, -0.1) is 11.3 Å². The third kappa shape index (κ3) is 3.88. The lowest BCUT2D eigenvalue weighted by Crippen LogP contribution is -2.20. The summed E-state index contributed by atoms with van der Waals surface area (Å²) in [7, 11) is 5.47. The normalized spacial score (nSPS) is 12.8. The first-order chi connectivity index (χ1) is 7.54. The molecule has 1 aromatic heterocycles. The number of carbonyl (C=O) groups excluding carboxylic acids is 1. The highest BCUT2D eigenvalue weighted by Crippen LogP contribution is 2.32. The summed E-state index contributed by atoms with van der Waals surface area (Å²) in [5.74, 6) is -0.150. The van der Waals surface area contributed by atoms with Crippen LogP contribution in [-0.2, 0) is 9.53 Å². The van der Waals surface area contributed by atoms with Gasteiger partial charge in [0.2, 0.25) is 0 Å². The van der Waals surface area contributed by atoms with E-state index in [4.69, 9.17) is 0 Å². The molecule has 16 heavy (non-hydrogen) atoms. The van der Waals surface area contributed by atoms with Crippen LogP contribution in [0.5, 0.6) is 0 Å². The van der Waals surface area contributed by atoms with Crippen molar-refractivity contribution in [3.63, 3.8) is 0 Å². The maximum absolute atomic E-state index is 11.1. The molecule has 1 heterocycles. The van der Waals surface area contributed by atoms with Crippen molar-refractivity contribution in [1.82, 2.24) is 4.90 Å². The molecule has 1 atom stereocenters. The van der Waals surface area contributed by atoms with Crippen LogP contribution in [0.15, 0.2) is 15.9 Å². The minimum atomic E-state index is -0.150. The minimum absolute atomic E-state index is 0.150. The second-order valence-corrected chi connectivity index (χ2v) is 6.23. The standard InChI is InChI=1S/C11H16BrNO2S/c1-13(2)8(4-7-11(14)15-3)9-5-6-10(12)16-9/h5-6,8H,4,7H2,1-3H3. The molecule has 1 rings (SSSR count). The molecule has 1 aromatic rings. The minimum Gasteiger partial charge on any atom is -0.469 e. The largest absolute Gasteiger partial charge is 0.469 e. The Balaban J connectivity index is 2.65.